The third kappa shape index (κ3) is 4.88. The molecule has 96 valence electrons. The molecule has 1 rings (SSSR count). The fraction of sp³-hybridized carbons (Fsp3) is 0.667. The molecule has 0 amide bonds. The summed E-state index contributed by atoms with van der Waals surface area (Å²) in [5, 5.41) is 0.421. The number of rotatable bonds is 4. The summed E-state index contributed by atoms with van der Waals surface area (Å²) in [6.45, 7) is 7.56. The highest BCUT2D eigenvalue weighted by Crippen LogP contribution is 2.23. The number of halogens is 1. The monoisotopic (exact) mass is 257 g/mol. The van der Waals surface area contributed by atoms with Crippen LogP contribution in [0.2, 0.25) is 5.15 Å². The Balaban J connectivity index is 2.76. The highest BCUT2D eigenvalue weighted by molar-refractivity contribution is 6.29. The fourth-order valence-corrected chi connectivity index (χ4v) is 1.31. The maximum atomic E-state index is 5.96. The molecule has 0 unspecified atom stereocenters. The molecule has 5 heteroatoms. The smallest absolute Gasteiger partial charge is 0.218 e. The van der Waals surface area contributed by atoms with Gasteiger partial charge in [-0.25, -0.2) is 4.98 Å². The average molecular weight is 258 g/mol. The van der Waals surface area contributed by atoms with E-state index in [4.69, 9.17) is 16.3 Å². The van der Waals surface area contributed by atoms with Crippen LogP contribution in [-0.4, -0.2) is 42.1 Å². The van der Waals surface area contributed by atoms with Crippen LogP contribution in [0, 0.1) is 0 Å². The van der Waals surface area contributed by atoms with Gasteiger partial charge in [0.1, 0.15) is 17.6 Å². The predicted octanol–water partition coefficient (Wildman–Crippen LogP) is 2.37. The van der Waals surface area contributed by atoms with Crippen molar-refractivity contribution in [3.63, 3.8) is 0 Å². The van der Waals surface area contributed by atoms with Crippen LogP contribution < -0.4 is 4.74 Å². The molecule has 0 aliphatic rings. The normalized spacial score (nSPS) is 11.9. The summed E-state index contributed by atoms with van der Waals surface area (Å²) in [5.41, 5.74) is -0.134. The minimum Gasteiger partial charge on any atom is -0.476 e. The second-order valence-corrected chi connectivity index (χ2v) is 5.64. The molecule has 0 bridgehead atoms. The predicted molar refractivity (Wildman–Crippen MR) is 69.8 cm³/mol. The molecule has 0 aliphatic heterocycles. The summed E-state index contributed by atoms with van der Waals surface area (Å²) in [7, 11) is 3.99. The number of nitrogens with zero attached hydrogens (tertiary/aromatic N) is 3. The lowest BCUT2D eigenvalue weighted by Crippen LogP contribution is -2.21. The Morgan fingerprint density at radius 2 is 1.94 bits per heavy atom. The van der Waals surface area contributed by atoms with Crippen molar-refractivity contribution in [2.75, 3.05) is 27.2 Å². The molecule has 4 nitrogen and oxygen atoms in total. The molecule has 0 spiro atoms. The van der Waals surface area contributed by atoms with Crippen molar-refractivity contribution in [1.29, 1.82) is 0 Å². The van der Waals surface area contributed by atoms with E-state index in [1.807, 2.05) is 39.8 Å². The molecule has 0 atom stereocenters. The number of hydrogen-bond acceptors (Lipinski definition) is 4. The van der Waals surface area contributed by atoms with Crippen molar-refractivity contribution in [3.05, 3.63) is 17.0 Å². The Hall–Kier alpha value is -0.870. The highest BCUT2D eigenvalue weighted by Gasteiger charge is 2.19. The quantitative estimate of drug-likeness (QED) is 0.777. The van der Waals surface area contributed by atoms with E-state index in [0.717, 1.165) is 6.54 Å². The molecule has 0 saturated heterocycles. The molecular weight excluding hydrogens is 238 g/mol. The molecule has 0 aromatic carbocycles. The van der Waals surface area contributed by atoms with Crippen LogP contribution >= 0.6 is 11.6 Å². The van der Waals surface area contributed by atoms with Crippen LogP contribution in [0.25, 0.3) is 0 Å². The van der Waals surface area contributed by atoms with Gasteiger partial charge in [0.2, 0.25) is 5.88 Å². The molecule has 1 aromatic rings. The van der Waals surface area contributed by atoms with E-state index < -0.39 is 0 Å². The van der Waals surface area contributed by atoms with Gasteiger partial charge in [0.25, 0.3) is 0 Å². The van der Waals surface area contributed by atoms with E-state index >= 15 is 0 Å². The first-order valence-corrected chi connectivity index (χ1v) is 5.99. The van der Waals surface area contributed by atoms with Crippen LogP contribution in [0.15, 0.2) is 6.07 Å². The van der Waals surface area contributed by atoms with Crippen molar-refractivity contribution in [2.45, 2.75) is 26.2 Å². The average Bonchev–Trinajstić information content (AvgIpc) is 2.14. The third-order valence-electron chi connectivity index (χ3n) is 2.13. The topological polar surface area (TPSA) is 38.2 Å². The van der Waals surface area contributed by atoms with Crippen molar-refractivity contribution in [2.24, 2.45) is 0 Å². The molecular formula is C12H20ClN3O. The summed E-state index contributed by atoms with van der Waals surface area (Å²) < 4.78 is 5.56. The summed E-state index contributed by atoms with van der Waals surface area (Å²) >= 11 is 5.96. The van der Waals surface area contributed by atoms with Gasteiger partial charge in [-0.3, -0.25) is 0 Å². The first-order valence-electron chi connectivity index (χ1n) is 5.61. The molecule has 17 heavy (non-hydrogen) atoms. The van der Waals surface area contributed by atoms with E-state index in [1.54, 1.807) is 6.07 Å². The van der Waals surface area contributed by atoms with Gasteiger partial charge in [0.15, 0.2) is 0 Å². The van der Waals surface area contributed by atoms with E-state index in [-0.39, 0.29) is 5.41 Å². The summed E-state index contributed by atoms with van der Waals surface area (Å²) in [6, 6.07) is 1.65. The molecule has 0 saturated carbocycles. The Labute approximate surface area is 108 Å². The zero-order valence-corrected chi connectivity index (χ0v) is 11.9. The zero-order valence-electron chi connectivity index (χ0n) is 11.1. The summed E-state index contributed by atoms with van der Waals surface area (Å²) in [6.07, 6.45) is 0. The lowest BCUT2D eigenvalue weighted by Gasteiger charge is -2.17. The number of hydrogen-bond donors (Lipinski definition) is 0. The zero-order chi connectivity index (χ0) is 13.1. The van der Waals surface area contributed by atoms with Gasteiger partial charge in [-0.1, -0.05) is 32.4 Å². The third-order valence-corrected chi connectivity index (χ3v) is 2.32. The highest BCUT2D eigenvalue weighted by atomic mass is 35.5. The van der Waals surface area contributed by atoms with Crippen LogP contribution in [0.4, 0.5) is 0 Å². The number of aromatic nitrogens is 2. The number of likely N-dealkylation sites (N-methyl/N-ethyl adjacent to an activating group) is 1. The van der Waals surface area contributed by atoms with Crippen molar-refractivity contribution < 1.29 is 4.74 Å². The van der Waals surface area contributed by atoms with Crippen molar-refractivity contribution in [1.82, 2.24) is 14.9 Å². The van der Waals surface area contributed by atoms with Gasteiger partial charge >= 0.3 is 0 Å². The van der Waals surface area contributed by atoms with E-state index in [2.05, 4.69) is 9.97 Å². The molecule has 1 heterocycles. The Bertz CT molecular complexity index is 375. The molecule has 0 aliphatic carbocycles. The summed E-state index contributed by atoms with van der Waals surface area (Å²) in [5.74, 6) is 1.24. The first-order chi connectivity index (χ1) is 7.79. The Morgan fingerprint density at radius 1 is 1.29 bits per heavy atom. The van der Waals surface area contributed by atoms with Gasteiger partial charge in [-0.2, -0.15) is 4.98 Å². The SMILES string of the molecule is CN(C)CCOc1cc(Cl)nc(C(C)(C)C)n1. The molecule has 0 N–H and O–H groups in total. The van der Waals surface area contributed by atoms with Crippen molar-refractivity contribution >= 4 is 11.6 Å². The maximum absolute atomic E-state index is 5.96. The first kappa shape index (κ1) is 14.2. The minimum absolute atomic E-state index is 0.134. The van der Waals surface area contributed by atoms with Gasteiger partial charge in [0, 0.05) is 18.0 Å². The van der Waals surface area contributed by atoms with Crippen LogP contribution in [0.3, 0.4) is 0 Å². The lowest BCUT2D eigenvalue weighted by molar-refractivity contribution is 0.252. The maximum Gasteiger partial charge on any atom is 0.218 e. The minimum atomic E-state index is -0.134. The van der Waals surface area contributed by atoms with Crippen LogP contribution in [0.1, 0.15) is 26.6 Å². The second-order valence-electron chi connectivity index (χ2n) is 5.25. The van der Waals surface area contributed by atoms with Crippen LogP contribution in [0.5, 0.6) is 5.88 Å². The Morgan fingerprint density at radius 3 is 2.47 bits per heavy atom. The largest absolute Gasteiger partial charge is 0.476 e. The molecule has 0 fully saturated rings. The van der Waals surface area contributed by atoms with E-state index in [9.17, 15) is 0 Å². The summed E-state index contributed by atoms with van der Waals surface area (Å²) in [4.78, 5) is 10.6. The van der Waals surface area contributed by atoms with Gasteiger partial charge < -0.3 is 9.64 Å². The van der Waals surface area contributed by atoms with Gasteiger partial charge in [-0.15, -0.1) is 0 Å². The molecule has 0 radical (unpaired) electrons. The Kier molecular flexibility index (Phi) is 4.71. The molecule has 1 aromatic heterocycles. The van der Waals surface area contributed by atoms with E-state index in [1.165, 1.54) is 0 Å². The fourth-order valence-electron chi connectivity index (χ4n) is 1.14. The standard InChI is InChI=1S/C12H20ClN3O/c1-12(2,3)11-14-9(13)8-10(15-11)17-7-6-16(4)5/h8H,6-7H2,1-5H3. The van der Waals surface area contributed by atoms with Crippen molar-refractivity contribution in [3.8, 4) is 5.88 Å². The van der Waals surface area contributed by atoms with Gasteiger partial charge in [-0.05, 0) is 14.1 Å². The van der Waals surface area contributed by atoms with Gasteiger partial charge in [0.05, 0.1) is 0 Å². The number of ether oxygens (including phenoxy) is 1. The van der Waals surface area contributed by atoms with E-state index in [0.29, 0.717) is 23.5 Å². The lowest BCUT2D eigenvalue weighted by atomic mass is 9.96. The van der Waals surface area contributed by atoms with Crippen LogP contribution in [-0.2, 0) is 5.41 Å². The second kappa shape index (κ2) is 5.65.